The molecule has 0 atom stereocenters. The molecule has 0 aliphatic carbocycles. The van der Waals surface area contributed by atoms with Crippen molar-refractivity contribution in [2.24, 2.45) is 0 Å². The largest absolute Gasteiger partial charge is 0.433 e. The monoisotopic (exact) mass is 334 g/mol. The second-order valence-electron chi connectivity index (χ2n) is 4.61. The van der Waals surface area contributed by atoms with Crippen molar-refractivity contribution in [2.75, 3.05) is 0 Å². The van der Waals surface area contributed by atoms with Crippen molar-refractivity contribution in [3.63, 3.8) is 0 Å². The summed E-state index contributed by atoms with van der Waals surface area (Å²) < 4.78 is 52.3. The van der Waals surface area contributed by atoms with Crippen LogP contribution in [0.2, 0.25) is 0 Å². The molecule has 120 valence electrons. The molecule has 3 rings (SSSR count). The lowest BCUT2D eigenvalue weighted by Gasteiger charge is -2.08. The predicted molar refractivity (Wildman–Crippen MR) is 72.5 cm³/mol. The molecule has 1 aromatic carbocycles. The molecule has 0 amide bonds. The van der Waals surface area contributed by atoms with E-state index in [9.17, 15) is 17.6 Å². The van der Waals surface area contributed by atoms with E-state index in [0.29, 0.717) is 0 Å². The smallest absolute Gasteiger partial charge is 0.247 e. The molecule has 2 heterocycles. The molecule has 0 saturated heterocycles. The first-order valence-electron chi connectivity index (χ1n) is 6.42. The topological polar surface area (TPSA) is 91.1 Å². The zero-order valence-corrected chi connectivity index (χ0v) is 11.6. The Hall–Kier alpha value is -3.35. The van der Waals surface area contributed by atoms with Crippen molar-refractivity contribution in [1.29, 1.82) is 5.26 Å². The minimum atomic E-state index is -4.63. The normalized spacial score (nSPS) is 11.3. The number of alkyl halides is 3. The van der Waals surface area contributed by atoms with Crippen LogP contribution in [-0.4, -0.2) is 25.4 Å². The summed E-state index contributed by atoms with van der Waals surface area (Å²) in [5.41, 5.74) is -1.11. The standard InChI is InChI=1S/C14H6F4N6/c15-9-5-7(13-20-4-3-11(21-13)14(16,17)18)1-2-8(9)12-10(6-19)22-24-23-12/h1-5H,(H,22,23,24). The molecule has 6 nitrogen and oxygen atoms in total. The van der Waals surface area contributed by atoms with Crippen LogP contribution < -0.4 is 0 Å². The van der Waals surface area contributed by atoms with Crippen molar-refractivity contribution in [3.05, 3.63) is 47.7 Å². The number of H-pyrrole nitrogens is 1. The third-order valence-corrected chi connectivity index (χ3v) is 3.09. The lowest BCUT2D eigenvalue weighted by atomic mass is 10.1. The summed E-state index contributed by atoms with van der Waals surface area (Å²) >= 11 is 0. The second kappa shape index (κ2) is 5.69. The minimum absolute atomic E-state index is 0.00603. The molecule has 0 bridgehead atoms. The molecule has 0 unspecified atom stereocenters. The number of aromatic nitrogens is 5. The van der Waals surface area contributed by atoms with Crippen molar-refractivity contribution in [2.45, 2.75) is 6.18 Å². The summed E-state index contributed by atoms with van der Waals surface area (Å²) in [5.74, 6) is -1.06. The van der Waals surface area contributed by atoms with Gasteiger partial charge >= 0.3 is 6.18 Å². The zero-order valence-electron chi connectivity index (χ0n) is 11.6. The van der Waals surface area contributed by atoms with Gasteiger partial charge in [0, 0.05) is 17.3 Å². The van der Waals surface area contributed by atoms with Gasteiger partial charge in [0.15, 0.2) is 11.5 Å². The fraction of sp³-hybridized carbons (Fsp3) is 0.0714. The molecule has 0 aliphatic heterocycles. The highest BCUT2D eigenvalue weighted by Crippen LogP contribution is 2.30. The number of aromatic amines is 1. The summed E-state index contributed by atoms with van der Waals surface area (Å²) in [6.45, 7) is 0. The first-order chi connectivity index (χ1) is 11.4. The van der Waals surface area contributed by atoms with Crippen LogP contribution >= 0.6 is 0 Å². The summed E-state index contributed by atoms with van der Waals surface area (Å²) in [5, 5.41) is 18.2. The fourth-order valence-corrected chi connectivity index (χ4v) is 2.00. The van der Waals surface area contributed by atoms with Gasteiger partial charge in [-0.1, -0.05) is 11.3 Å². The van der Waals surface area contributed by atoms with Gasteiger partial charge in [-0.3, -0.25) is 0 Å². The number of hydrogen-bond acceptors (Lipinski definition) is 5. The van der Waals surface area contributed by atoms with Gasteiger partial charge in [-0.15, -0.1) is 5.10 Å². The van der Waals surface area contributed by atoms with Gasteiger partial charge in [-0.25, -0.2) is 19.5 Å². The second-order valence-corrected chi connectivity index (χ2v) is 4.61. The molecular formula is C14H6F4N6. The summed E-state index contributed by atoms with van der Waals surface area (Å²) in [6.07, 6.45) is -3.68. The molecule has 10 heteroatoms. The number of halogens is 4. The highest BCUT2D eigenvalue weighted by Gasteiger charge is 2.32. The van der Waals surface area contributed by atoms with Crippen LogP contribution in [0.4, 0.5) is 17.6 Å². The van der Waals surface area contributed by atoms with E-state index in [1.54, 1.807) is 6.07 Å². The Morgan fingerprint density at radius 1 is 1.17 bits per heavy atom. The fourth-order valence-electron chi connectivity index (χ4n) is 2.00. The Kier molecular flexibility index (Phi) is 3.69. The molecule has 0 spiro atoms. The molecular weight excluding hydrogens is 328 g/mol. The first kappa shape index (κ1) is 15.5. The predicted octanol–water partition coefficient (Wildman–Crippen LogP) is 2.96. The summed E-state index contributed by atoms with van der Waals surface area (Å²) in [4.78, 5) is 7.12. The van der Waals surface area contributed by atoms with E-state index >= 15 is 0 Å². The maximum Gasteiger partial charge on any atom is 0.433 e. The van der Waals surface area contributed by atoms with Crippen LogP contribution in [0, 0.1) is 17.1 Å². The molecule has 0 saturated carbocycles. The van der Waals surface area contributed by atoms with Gasteiger partial charge in [0.2, 0.25) is 0 Å². The lowest BCUT2D eigenvalue weighted by Crippen LogP contribution is -2.09. The van der Waals surface area contributed by atoms with Crippen molar-refractivity contribution >= 4 is 0 Å². The van der Waals surface area contributed by atoms with Gasteiger partial charge in [0.1, 0.15) is 23.3 Å². The van der Waals surface area contributed by atoms with E-state index in [2.05, 4.69) is 25.4 Å². The molecule has 2 aromatic heterocycles. The maximum atomic E-state index is 14.3. The van der Waals surface area contributed by atoms with Gasteiger partial charge in [-0.05, 0) is 18.2 Å². The number of nitrogens with one attached hydrogen (secondary N) is 1. The highest BCUT2D eigenvalue weighted by molar-refractivity contribution is 5.68. The third kappa shape index (κ3) is 2.79. The summed E-state index contributed by atoms with van der Waals surface area (Å²) in [7, 11) is 0. The van der Waals surface area contributed by atoms with Crippen LogP contribution in [0.3, 0.4) is 0 Å². The molecule has 0 fully saturated rings. The number of nitrogens with zero attached hydrogens (tertiary/aromatic N) is 5. The molecule has 0 radical (unpaired) electrons. The Morgan fingerprint density at radius 3 is 2.62 bits per heavy atom. The Morgan fingerprint density at radius 2 is 1.96 bits per heavy atom. The summed E-state index contributed by atoms with van der Waals surface area (Å²) in [6, 6.07) is 6.08. The van der Waals surface area contributed by atoms with E-state index in [4.69, 9.17) is 5.26 Å². The highest BCUT2D eigenvalue weighted by atomic mass is 19.4. The Labute approximate surface area is 131 Å². The van der Waals surface area contributed by atoms with Crippen LogP contribution in [0.5, 0.6) is 0 Å². The van der Waals surface area contributed by atoms with Gasteiger partial charge in [0.05, 0.1) is 0 Å². The van der Waals surface area contributed by atoms with Crippen molar-refractivity contribution in [3.8, 4) is 28.7 Å². The average molecular weight is 334 g/mol. The SMILES string of the molecule is N#Cc1[nH]nnc1-c1ccc(-c2nccc(C(F)(F)F)n2)cc1F. The first-order valence-corrected chi connectivity index (χ1v) is 6.42. The van der Waals surface area contributed by atoms with Crippen molar-refractivity contribution < 1.29 is 17.6 Å². The lowest BCUT2D eigenvalue weighted by molar-refractivity contribution is -0.141. The van der Waals surface area contributed by atoms with E-state index in [0.717, 1.165) is 18.3 Å². The van der Waals surface area contributed by atoms with Crippen LogP contribution in [0.15, 0.2) is 30.5 Å². The zero-order chi connectivity index (χ0) is 17.3. The average Bonchev–Trinajstić information content (AvgIpc) is 3.02. The van der Waals surface area contributed by atoms with Crippen molar-refractivity contribution in [1.82, 2.24) is 25.4 Å². The molecule has 0 aliphatic rings. The maximum absolute atomic E-state index is 14.3. The quantitative estimate of drug-likeness (QED) is 0.728. The van der Waals surface area contributed by atoms with Gasteiger partial charge in [0.25, 0.3) is 0 Å². The Balaban J connectivity index is 2.04. The van der Waals surface area contributed by atoms with E-state index < -0.39 is 17.7 Å². The van der Waals surface area contributed by atoms with Gasteiger partial charge < -0.3 is 0 Å². The molecule has 24 heavy (non-hydrogen) atoms. The Bertz CT molecular complexity index is 941. The molecule has 1 N–H and O–H groups in total. The van der Waals surface area contributed by atoms with Gasteiger partial charge in [-0.2, -0.15) is 18.4 Å². The van der Waals surface area contributed by atoms with Crippen LogP contribution in [0.1, 0.15) is 11.4 Å². The third-order valence-electron chi connectivity index (χ3n) is 3.09. The van der Waals surface area contributed by atoms with Crippen LogP contribution in [-0.2, 0) is 6.18 Å². The van der Waals surface area contributed by atoms with E-state index in [1.165, 1.54) is 12.1 Å². The van der Waals surface area contributed by atoms with E-state index in [-0.39, 0.29) is 28.3 Å². The van der Waals surface area contributed by atoms with E-state index in [1.807, 2.05) is 0 Å². The number of hydrogen-bond donors (Lipinski definition) is 1. The van der Waals surface area contributed by atoms with Crippen LogP contribution in [0.25, 0.3) is 22.6 Å². The number of rotatable bonds is 2. The number of nitriles is 1. The number of benzene rings is 1. The minimum Gasteiger partial charge on any atom is -0.247 e. The molecule has 3 aromatic rings.